The van der Waals surface area contributed by atoms with Gasteiger partial charge < -0.3 is 0 Å². The van der Waals surface area contributed by atoms with Gasteiger partial charge in [-0.2, -0.15) is 39.5 Å². The van der Waals surface area contributed by atoms with E-state index in [0.717, 1.165) is 6.92 Å². The van der Waals surface area contributed by atoms with Crippen LogP contribution in [0.2, 0.25) is 0 Å². The van der Waals surface area contributed by atoms with Crippen LogP contribution >= 0.6 is 0 Å². The predicted octanol–water partition coefficient (Wildman–Crippen LogP) is 4.41. The molecule has 0 unspecified atom stereocenters. The van der Waals surface area contributed by atoms with Crippen molar-refractivity contribution >= 4 is 0 Å². The third-order valence-electron chi connectivity index (χ3n) is 0.976. The first-order valence-electron chi connectivity index (χ1n) is 3.56. The van der Waals surface area contributed by atoms with Gasteiger partial charge in [-0.15, -0.1) is 0 Å². The zero-order chi connectivity index (χ0) is 13.8. The Hall–Kier alpha value is -0.700. The zero-order valence-corrected chi connectivity index (χ0v) is 7.56. The maximum absolute atomic E-state index is 11.2. The Morgan fingerprint density at radius 3 is 0.938 bits per heavy atom. The molecule has 0 saturated heterocycles. The first-order valence-corrected chi connectivity index (χ1v) is 3.56. The van der Waals surface area contributed by atoms with Crippen LogP contribution in [0.1, 0.15) is 13.3 Å². The average Bonchev–Trinajstić information content (AvgIpc) is 1.99. The molecule has 0 heterocycles. The Labute approximate surface area is 83.2 Å². The lowest BCUT2D eigenvalue weighted by atomic mass is 10.4. The smallest absolute Gasteiger partial charge is 0.227 e. The second kappa shape index (κ2) is 5.58. The molecule has 0 saturated carbocycles. The standard InChI is InChI=1S/C3HF7.C3H5F3/c4-1(2(5,6)7)3(8,9)10;1-2-3(4,5)6/h1H;2H2,1H3. The molecule has 0 nitrogen and oxygen atoms in total. The molecule has 0 aliphatic carbocycles. The van der Waals surface area contributed by atoms with Crippen LogP contribution in [0.3, 0.4) is 0 Å². The molecule has 0 bridgehead atoms. The van der Waals surface area contributed by atoms with Crippen molar-refractivity contribution in [1.82, 2.24) is 0 Å². The Bertz CT molecular complexity index is 169. The maximum Gasteiger partial charge on any atom is 0.428 e. The molecule has 0 aromatic rings. The van der Waals surface area contributed by atoms with E-state index >= 15 is 0 Å². The van der Waals surface area contributed by atoms with Crippen molar-refractivity contribution in [3.05, 3.63) is 0 Å². The molecule has 0 aromatic carbocycles. The SMILES string of the molecule is CCC(F)(F)F.FC(C(F)(F)F)C(F)(F)F. The van der Waals surface area contributed by atoms with Crippen LogP contribution < -0.4 is 0 Å². The van der Waals surface area contributed by atoms with Crippen molar-refractivity contribution in [1.29, 1.82) is 0 Å². The van der Waals surface area contributed by atoms with E-state index < -0.39 is 31.1 Å². The largest absolute Gasteiger partial charge is 0.428 e. The Morgan fingerprint density at radius 1 is 0.750 bits per heavy atom. The van der Waals surface area contributed by atoms with Crippen LogP contribution in [0, 0.1) is 0 Å². The van der Waals surface area contributed by atoms with Crippen LogP contribution in [0.4, 0.5) is 43.9 Å². The molecule has 0 fully saturated rings. The van der Waals surface area contributed by atoms with E-state index in [-0.39, 0.29) is 0 Å². The topological polar surface area (TPSA) is 0 Å². The summed E-state index contributed by atoms with van der Waals surface area (Å²) in [4.78, 5) is 0. The highest BCUT2D eigenvalue weighted by atomic mass is 19.4. The molecule has 0 atom stereocenters. The summed E-state index contributed by atoms with van der Waals surface area (Å²) < 4.78 is 109. The predicted molar refractivity (Wildman–Crippen MR) is 33.4 cm³/mol. The van der Waals surface area contributed by atoms with Crippen molar-refractivity contribution in [2.24, 2.45) is 0 Å². The second-order valence-corrected chi connectivity index (χ2v) is 2.41. The summed E-state index contributed by atoms with van der Waals surface area (Å²) in [5.41, 5.74) is 0. The fraction of sp³-hybridized carbons (Fsp3) is 1.00. The first-order chi connectivity index (χ1) is 6.72. The number of rotatable bonds is 0. The molecule has 16 heavy (non-hydrogen) atoms. The third kappa shape index (κ3) is 9.84. The van der Waals surface area contributed by atoms with E-state index in [0.29, 0.717) is 0 Å². The van der Waals surface area contributed by atoms with E-state index in [4.69, 9.17) is 0 Å². The maximum atomic E-state index is 11.2. The number of hydrogen-bond acceptors (Lipinski definition) is 0. The summed E-state index contributed by atoms with van der Waals surface area (Å²) in [5, 5.41) is 0. The summed E-state index contributed by atoms with van der Waals surface area (Å²) in [6.07, 6.45) is -21.1. The van der Waals surface area contributed by atoms with Gasteiger partial charge in [-0.1, -0.05) is 6.92 Å². The van der Waals surface area contributed by atoms with Crippen molar-refractivity contribution < 1.29 is 43.9 Å². The molecule has 0 aromatic heterocycles. The van der Waals surface area contributed by atoms with E-state index in [9.17, 15) is 43.9 Å². The fourth-order valence-electron chi connectivity index (χ4n) is 0.186. The molecule has 0 radical (unpaired) electrons. The molecule has 100 valence electrons. The highest BCUT2D eigenvalue weighted by molar-refractivity contribution is 4.73. The van der Waals surface area contributed by atoms with E-state index in [1.165, 1.54) is 0 Å². The lowest BCUT2D eigenvalue weighted by Crippen LogP contribution is -2.38. The van der Waals surface area contributed by atoms with Gasteiger partial charge in [-0.05, 0) is 0 Å². The van der Waals surface area contributed by atoms with Crippen LogP contribution in [0.15, 0.2) is 0 Å². The van der Waals surface area contributed by atoms with Gasteiger partial charge >= 0.3 is 18.5 Å². The number of alkyl halides is 10. The van der Waals surface area contributed by atoms with Gasteiger partial charge in [-0.25, -0.2) is 4.39 Å². The van der Waals surface area contributed by atoms with Gasteiger partial charge in [0.15, 0.2) is 0 Å². The molecule has 0 spiro atoms. The summed E-state index contributed by atoms with van der Waals surface area (Å²) in [5.74, 6) is 0. The minimum atomic E-state index is -5.85. The monoisotopic (exact) mass is 268 g/mol. The lowest BCUT2D eigenvalue weighted by Gasteiger charge is -2.14. The van der Waals surface area contributed by atoms with Gasteiger partial charge in [0.1, 0.15) is 0 Å². The van der Waals surface area contributed by atoms with Gasteiger partial charge in [0.05, 0.1) is 0 Å². The van der Waals surface area contributed by atoms with Crippen LogP contribution in [0.25, 0.3) is 0 Å². The van der Waals surface area contributed by atoms with Crippen molar-refractivity contribution in [3.8, 4) is 0 Å². The second-order valence-electron chi connectivity index (χ2n) is 2.41. The highest BCUT2D eigenvalue weighted by Gasteiger charge is 2.57. The first kappa shape index (κ1) is 17.7. The highest BCUT2D eigenvalue weighted by Crippen LogP contribution is 2.35. The Morgan fingerprint density at radius 2 is 0.938 bits per heavy atom. The zero-order valence-electron chi connectivity index (χ0n) is 7.56. The van der Waals surface area contributed by atoms with Crippen molar-refractivity contribution in [2.45, 2.75) is 38.0 Å². The molecule has 10 heteroatoms. The molecule has 0 N–H and O–H groups in total. The summed E-state index contributed by atoms with van der Waals surface area (Å²) in [6, 6.07) is 0. The fourth-order valence-corrected chi connectivity index (χ4v) is 0.186. The van der Waals surface area contributed by atoms with Crippen molar-refractivity contribution in [2.75, 3.05) is 0 Å². The lowest BCUT2D eigenvalue weighted by molar-refractivity contribution is -0.285. The van der Waals surface area contributed by atoms with Gasteiger partial charge in [0.2, 0.25) is 0 Å². The van der Waals surface area contributed by atoms with Crippen LogP contribution in [-0.2, 0) is 0 Å². The summed E-state index contributed by atoms with van der Waals surface area (Å²) in [6.45, 7) is 1.08. The average molecular weight is 268 g/mol. The van der Waals surface area contributed by atoms with E-state index in [1.807, 2.05) is 0 Å². The van der Waals surface area contributed by atoms with Gasteiger partial charge in [-0.3, -0.25) is 0 Å². The molecular formula is C6H6F10. The van der Waals surface area contributed by atoms with Gasteiger partial charge in [0, 0.05) is 6.42 Å². The van der Waals surface area contributed by atoms with Crippen LogP contribution in [-0.4, -0.2) is 24.7 Å². The van der Waals surface area contributed by atoms with Crippen LogP contribution in [0.5, 0.6) is 0 Å². The minimum absolute atomic E-state index is 0.729. The Kier molecular flexibility index (Phi) is 6.16. The Balaban J connectivity index is 0. The van der Waals surface area contributed by atoms with E-state index in [2.05, 4.69) is 0 Å². The number of halogens is 10. The normalized spacial score (nSPS) is 13.5. The summed E-state index contributed by atoms with van der Waals surface area (Å²) >= 11 is 0. The molecule has 0 aliphatic heterocycles. The molecular weight excluding hydrogens is 262 g/mol. The molecule has 0 amide bonds. The minimum Gasteiger partial charge on any atom is -0.227 e. The quantitative estimate of drug-likeness (QED) is 0.571. The van der Waals surface area contributed by atoms with Crippen molar-refractivity contribution in [3.63, 3.8) is 0 Å². The summed E-state index contributed by atoms with van der Waals surface area (Å²) in [7, 11) is 0. The third-order valence-corrected chi connectivity index (χ3v) is 0.976. The van der Waals surface area contributed by atoms with Gasteiger partial charge in [0.25, 0.3) is 6.17 Å². The molecule has 0 aliphatic rings. The molecule has 0 rings (SSSR count). The van der Waals surface area contributed by atoms with E-state index in [1.54, 1.807) is 0 Å². The number of hydrogen-bond donors (Lipinski definition) is 0.